The van der Waals surface area contributed by atoms with E-state index in [1.54, 1.807) is 18.2 Å². The topological polar surface area (TPSA) is 63.1 Å². The highest BCUT2D eigenvalue weighted by Crippen LogP contribution is 2.17. The van der Waals surface area contributed by atoms with E-state index in [0.29, 0.717) is 15.8 Å². The minimum atomic E-state index is -1.98. The van der Waals surface area contributed by atoms with Crippen molar-refractivity contribution >= 4 is 22.0 Å². The minimum absolute atomic E-state index is 0.345. The van der Waals surface area contributed by atoms with Crippen LogP contribution >= 0.6 is 0 Å². The molecule has 0 aliphatic carbocycles. The molecule has 0 saturated carbocycles. The highest BCUT2D eigenvalue weighted by molar-refractivity contribution is 7.79. The molecule has 1 N–H and O–H groups in total. The van der Waals surface area contributed by atoms with Crippen LogP contribution in [0.2, 0.25) is 0 Å². The van der Waals surface area contributed by atoms with Crippen LogP contribution < -0.4 is 0 Å². The highest BCUT2D eigenvalue weighted by Gasteiger charge is 2.05. The Morgan fingerprint density at radius 2 is 2.23 bits per heavy atom. The van der Waals surface area contributed by atoms with Crippen LogP contribution in [0.25, 0.3) is 10.9 Å². The first-order valence-electron chi connectivity index (χ1n) is 3.58. The van der Waals surface area contributed by atoms with Crippen molar-refractivity contribution in [2.45, 2.75) is 4.90 Å². The quantitative estimate of drug-likeness (QED) is 0.693. The van der Waals surface area contributed by atoms with E-state index in [1.165, 1.54) is 12.5 Å². The van der Waals surface area contributed by atoms with Crippen LogP contribution in [0, 0.1) is 0 Å². The van der Waals surface area contributed by atoms with Gasteiger partial charge in [-0.3, -0.25) is 0 Å². The van der Waals surface area contributed by atoms with Gasteiger partial charge in [-0.15, -0.1) is 0 Å². The smallest absolute Gasteiger partial charge is 0.187 e. The molecule has 0 aliphatic heterocycles. The molecule has 5 heteroatoms. The van der Waals surface area contributed by atoms with Crippen molar-refractivity contribution in [3.8, 4) is 0 Å². The molecule has 0 aliphatic rings. The van der Waals surface area contributed by atoms with Gasteiger partial charge >= 0.3 is 0 Å². The Morgan fingerprint density at radius 3 is 3.00 bits per heavy atom. The maximum atomic E-state index is 10.9. The fourth-order valence-corrected chi connectivity index (χ4v) is 1.67. The second kappa shape index (κ2) is 3.20. The molecule has 1 heterocycles. The maximum Gasteiger partial charge on any atom is 0.187 e. The fourth-order valence-electron chi connectivity index (χ4n) is 1.13. The summed E-state index contributed by atoms with van der Waals surface area (Å²) in [6, 6.07) is 5.05. The van der Waals surface area contributed by atoms with Crippen molar-refractivity contribution in [2.24, 2.45) is 0 Å². The molecule has 0 saturated heterocycles. The summed E-state index contributed by atoms with van der Waals surface area (Å²) >= 11 is -1.98. The molecule has 1 aromatic heterocycles. The summed E-state index contributed by atoms with van der Waals surface area (Å²) in [5.74, 6) is 0. The zero-order valence-electron chi connectivity index (χ0n) is 6.54. The average molecular weight is 194 g/mol. The largest absolute Gasteiger partial charge is 0.302 e. The Labute approximate surface area is 76.9 Å². The second-order valence-corrected chi connectivity index (χ2v) is 3.40. The van der Waals surface area contributed by atoms with Gasteiger partial charge in [-0.25, -0.2) is 14.2 Å². The van der Waals surface area contributed by atoms with E-state index in [0.717, 1.165) is 0 Å². The van der Waals surface area contributed by atoms with Gasteiger partial charge in [0.15, 0.2) is 11.1 Å². The lowest BCUT2D eigenvalue weighted by Crippen LogP contribution is -1.91. The van der Waals surface area contributed by atoms with Gasteiger partial charge in [-0.05, 0) is 12.1 Å². The van der Waals surface area contributed by atoms with E-state index in [2.05, 4.69) is 9.97 Å². The van der Waals surface area contributed by atoms with E-state index >= 15 is 0 Å². The first kappa shape index (κ1) is 8.28. The number of aromatic nitrogens is 2. The Kier molecular flexibility index (Phi) is 2.03. The molecule has 0 radical (unpaired) electrons. The third kappa shape index (κ3) is 1.43. The minimum Gasteiger partial charge on any atom is -0.302 e. The first-order chi connectivity index (χ1) is 6.29. The molecule has 1 unspecified atom stereocenters. The van der Waals surface area contributed by atoms with Crippen LogP contribution in [0.15, 0.2) is 35.6 Å². The van der Waals surface area contributed by atoms with Crippen LogP contribution in [0.1, 0.15) is 0 Å². The van der Waals surface area contributed by atoms with Gasteiger partial charge in [0.2, 0.25) is 0 Å². The number of hydrogen-bond donors (Lipinski definition) is 1. The van der Waals surface area contributed by atoms with E-state index in [1.807, 2.05) is 0 Å². The molecule has 0 fully saturated rings. The van der Waals surface area contributed by atoms with Crippen molar-refractivity contribution in [1.82, 2.24) is 9.97 Å². The Hall–Kier alpha value is -1.33. The molecule has 66 valence electrons. The number of fused-ring (bicyclic) bond motifs is 1. The molecule has 1 atom stereocenters. The van der Waals surface area contributed by atoms with E-state index in [4.69, 9.17) is 4.55 Å². The van der Waals surface area contributed by atoms with Gasteiger partial charge in [0, 0.05) is 11.6 Å². The lowest BCUT2D eigenvalue weighted by Gasteiger charge is -1.99. The molecule has 0 amide bonds. The first-order valence-corrected chi connectivity index (χ1v) is 4.69. The number of hydrogen-bond acceptors (Lipinski definition) is 3. The molecule has 0 spiro atoms. The van der Waals surface area contributed by atoms with E-state index in [-0.39, 0.29) is 0 Å². The summed E-state index contributed by atoms with van der Waals surface area (Å²) in [4.78, 5) is 8.11. The highest BCUT2D eigenvalue weighted by atomic mass is 32.2. The van der Waals surface area contributed by atoms with Crippen LogP contribution in [0.4, 0.5) is 0 Å². The van der Waals surface area contributed by atoms with Crippen LogP contribution in [-0.2, 0) is 11.1 Å². The standard InChI is InChI=1S/C8H6N2O2S/c11-13(12)8-3-1-2-7-6(8)4-9-5-10-7/h1-5H,(H,11,12). The Morgan fingerprint density at radius 1 is 1.38 bits per heavy atom. The normalized spacial score (nSPS) is 13.0. The summed E-state index contributed by atoms with van der Waals surface area (Å²) in [7, 11) is 0. The summed E-state index contributed by atoms with van der Waals surface area (Å²) in [5, 5.41) is 0.617. The van der Waals surface area contributed by atoms with Crippen LogP contribution in [0.5, 0.6) is 0 Å². The molecule has 2 aromatic rings. The van der Waals surface area contributed by atoms with E-state index in [9.17, 15) is 4.21 Å². The Balaban J connectivity index is 2.83. The molecule has 4 nitrogen and oxygen atoms in total. The zero-order chi connectivity index (χ0) is 9.26. The van der Waals surface area contributed by atoms with Gasteiger partial charge in [-0.1, -0.05) is 6.07 Å². The lowest BCUT2D eigenvalue weighted by molar-refractivity contribution is 0.565. The van der Waals surface area contributed by atoms with Crippen molar-refractivity contribution in [1.29, 1.82) is 0 Å². The predicted molar refractivity (Wildman–Crippen MR) is 48.6 cm³/mol. The lowest BCUT2D eigenvalue weighted by atomic mass is 10.2. The van der Waals surface area contributed by atoms with Crippen molar-refractivity contribution in [3.05, 3.63) is 30.7 Å². The van der Waals surface area contributed by atoms with E-state index < -0.39 is 11.1 Å². The van der Waals surface area contributed by atoms with Crippen molar-refractivity contribution in [2.75, 3.05) is 0 Å². The van der Waals surface area contributed by atoms with Crippen molar-refractivity contribution < 1.29 is 8.76 Å². The number of nitrogens with zero attached hydrogens (tertiary/aromatic N) is 2. The van der Waals surface area contributed by atoms with Gasteiger partial charge < -0.3 is 4.55 Å². The van der Waals surface area contributed by atoms with Crippen molar-refractivity contribution in [3.63, 3.8) is 0 Å². The van der Waals surface area contributed by atoms with Crippen LogP contribution in [0.3, 0.4) is 0 Å². The monoisotopic (exact) mass is 194 g/mol. The summed E-state index contributed by atoms with van der Waals surface area (Å²) in [6.07, 6.45) is 2.94. The fraction of sp³-hybridized carbons (Fsp3) is 0. The molecule has 2 rings (SSSR count). The SMILES string of the molecule is O=S(O)c1cccc2ncncc12. The molecular weight excluding hydrogens is 188 g/mol. The molecule has 13 heavy (non-hydrogen) atoms. The van der Waals surface area contributed by atoms with Gasteiger partial charge in [-0.2, -0.15) is 0 Å². The summed E-state index contributed by atoms with van der Waals surface area (Å²) in [6.45, 7) is 0. The molecule has 0 bridgehead atoms. The molecular formula is C8H6N2O2S. The summed E-state index contributed by atoms with van der Waals surface area (Å²) < 4.78 is 19.8. The Bertz CT molecular complexity index is 467. The van der Waals surface area contributed by atoms with Gasteiger partial charge in [0.25, 0.3) is 0 Å². The predicted octanol–water partition coefficient (Wildman–Crippen LogP) is 1.21. The second-order valence-electron chi connectivity index (χ2n) is 2.46. The van der Waals surface area contributed by atoms with Crippen LogP contribution in [-0.4, -0.2) is 18.7 Å². The number of benzene rings is 1. The number of rotatable bonds is 1. The van der Waals surface area contributed by atoms with Gasteiger partial charge in [0.05, 0.1) is 10.4 Å². The zero-order valence-corrected chi connectivity index (χ0v) is 7.36. The molecule has 1 aromatic carbocycles. The van der Waals surface area contributed by atoms with Gasteiger partial charge in [0.1, 0.15) is 6.33 Å². The summed E-state index contributed by atoms with van der Waals surface area (Å²) in [5.41, 5.74) is 0.676. The third-order valence-corrected chi connectivity index (χ3v) is 2.43. The average Bonchev–Trinajstić information content (AvgIpc) is 2.17. The third-order valence-electron chi connectivity index (χ3n) is 1.70. The maximum absolute atomic E-state index is 10.9.